The number of hydrogen-bond acceptors (Lipinski definition) is 5. The number of halogens is 1. The topological polar surface area (TPSA) is 62.3 Å². The number of aromatic nitrogens is 1. The molecule has 108 valence electrons. The molecule has 2 rings (SSSR count). The van der Waals surface area contributed by atoms with Gasteiger partial charge in [0.05, 0.1) is 15.7 Å². The summed E-state index contributed by atoms with van der Waals surface area (Å²) in [7, 11) is 0.167. The van der Waals surface area contributed by atoms with Crippen molar-refractivity contribution in [3.8, 4) is 0 Å². The molecular formula is C12H14BrN3O2S2. The number of pyridine rings is 1. The Morgan fingerprint density at radius 3 is 2.50 bits per heavy atom. The van der Waals surface area contributed by atoms with Crippen LogP contribution in [-0.2, 0) is 10.0 Å². The molecule has 0 bridgehead atoms. The molecule has 20 heavy (non-hydrogen) atoms. The highest BCUT2D eigenvalue weighted by atomic mass is 79.9. The Morgan fingerprint density at radius 1 is 1.35 bits per heavy atom. The maximum Gasteiger partial charge on any atom is 0.263 e. The molecule has 0 spiro atoms. The molecule has 1 N–H and O–H groups in total. The predicted octanol–water partition coefficient (Wildman–Crippen LogP) is 3.08. The summed E-state index contributed by atoms with van der Waals surface area (Å²) in [5.74, 6) is 0.766. The predicted molar refractivity (Wildman–Crippen MR) is 86.1 cm³/mol. The summed E-state index contributed by atoms with van der Waals surface area (Å²) in [6, 6.07) is 5.05. The van der Waals surface area contributed by atoms with E-state index in [9.17, 15) is 8.42 Å². The zero-order valence-corrected chi connectivity index (χ0v) is 14.4. The maximum atomic E-state index is 12.3. The van der Waals surface area contributed by atoms with E-state index in [-0.39, 0.29) is 4.90 Å². The van der Waals surface area contributed by atoms with Crippen LogP contribution in [0.1, 0.15) is 4.88 Å². The fourth-order valence-electron chi connectivity index (χ4n) is 1.62. The van der Waals surface area contributed by atoms with Crippen molar-refractivity contribution in [2.75, 3.05) is 23.7 Å². The molecule has 0 aliphatic rings. The van der Waals surface area contributed by atoms with Crippen LogP contribution in [0.5, 0.6) is 0 Å². The van der Waals surface area contributed by atoms with Gasteiger partial charge in [-0.15, -0.1) is 11.3 Å². The minimum absolute atomic E-state index is 0.283. The van der Waals surface area contributed by atoms with Crippen molar-refractivity contribution in [3.63, 3.8) is 0 Å². The van der Waals surface area contributed by atoms with Crippen LogP contribution in [0.3, 0.4) is 0 Å². The summed E-state index contributed by atoms with van der Waals surface area (Å²) >= 11 is 4.68. The molecule has 0 saturated heterocycles. The molecule has 0 aliphatic heterocycles. The quantitative estimate of drug-likeness (QED) is 0.891. The lowest BCUT2D eigenvalue weighted by atomic mass is 10.4. The molecule has 2 aromatic rings. The molecule has 8 heteroatoms. The van der Waals surface area contributed by atoms with Crippen molar-refractivity contribution in [1.82, 2.24) is 4.98 Å². The largest absolute Gasteiger partial charge is 0.363 e. The van der Waals surface area contributed by atoms with Crippen molar-refractivity contribution < 1.29 is 8.42 Å². The number of thiophene rings is 1. The van der Waals surface area contributed by atoms with Crippen LogP contribution >= 0.6 is 27.3 Å². The van der Waals surface area contributed by atoms with Gasteiger partial charge in [0.1, 0.15) is 10.7 Å². The van der Waals surface area contributed by atoms with Crippen LogP contribution in [-0.4, -0.2) is 27.5 Å². The van der Waals surface area contributed by atoms with Gasteiger partial charge in [-0.3, -0.25) is 4.72 Å². The second-order valence-corrected chi connectivity index (χ2v) is 8.66. The number of nitrogens with one attached hydrogen (secondary N) is 1. The molecule has 0 radical (unpaired) electrons. The van der Waals surface area contributed by atoms with E-state index in [1.54, 1.807) is 25.1 Å². The van der Waals surface area contributed by atoms with Crippen molar-refractivity contribution in [2.24, 2.45) is 0 Å². The van der Waals surface area contributed by atoms with Crippen molar-refractivity contribution in [1.29, 1.82) is 0 Å². The van der Waals surface area contributed by atoms with E-state index >= 15 is 0 Å². The second-order valence-electron chi connectivity index (χ2n) is 4.38. The Morgan fingerprint density at radius 2 is 2.05 bits per heavy atom. The lowest BCUT2D eigenvalue weighted by molar-refractivity contribution is 0.601. The average molecular weight is 376 g/mol. The van der Waals surface area contributed by atoms with E-state index in [0.29, 0.717) is 5.69 Å². The molecular weight excluding hydrogens is 362 g/mol. The molecule has 5 nitrogen and oxygen atoms in total. The number of rotatable bonds is 4. The Balaban J connectivity index is 2.26. The number of sulfonamides is 1. The van der Waals surface area contributed by atoms with Crippen molar-refractivity contribution in [2.45, 2.75) is 11.8 Å². The molecule has 0 amide bonds. The van der Waals surface area contributed by atoms with E-state index in [4.69, 9.17) is 0 Å². The Labute approximate surface area is 130 Å². The smallest absolute Gasteiger partial charge is 0.263 e. The summed E-state index contributed by atoms with van der Waals surface area (Å²) in [5.41, 5.74) is 0.442. The van der Waals surface area contributed by atoms with Gasteiger partial charge in [0.2, 0.25) is 0 Å². The first-order chi connectivity index (χ1) is 9.29. The third kappa shape index (κ3) is 3.31. The second kappa shape index (κ2) is 5.71. The number of aryl methyl sites for hydroxylation is 1. The Bertz CT molecular complexity index is 709. The van der Waals surface area contributed by atoms with Gasteiger partial charge in [-0.05, 0) is 41.1 Å². The molecule has 0 unspecified atom stereocenters. The van der Waals surface area contributed by atoms with Crippen LogP contribution in [0, 0.1) is 6.92 Å². The number of hydrogen-bond donors (Lipinski definition) is 1. The average Bonchev–Trinajstić information content (AvgIpc) is 2.69. The van der Waals surface area contributed by atoms with Gasteiger partial charge in [-0.2, -0.15) is 0 Å². The summed E-state index contributed by atoms with van der Waals surface area (Å²) in [5, 5.41) is 0. The highest BCUT2D eigenvalue weighted by Gasteiger charge is 2.19. The lowest BCUT2D eigenvalue weighted by Crippen LogP contribution is -2.14. The van der Waals surface area contributed by atoms with E-state index in [1.165, 1.54) is 17.5 Å². The number of anilines is 2. The monoisotopic (exact) mass is 375 g/mol. The van der Waals surface area contributed by atoms with Gasteiger partial charge in [0.15, 0.2) is 0 Å². The van der Waals surface area contributed by atoms with Crippen LogP contribution in [0.4, 0.5) is 11.5 Å². The van der Waals surface area contributed by atoms with Gasteiger partial charge in [0.25, 0.3) is 10.0 Å². The van der Waals surface area contributed by atoms with Crippen LogP contribution in [0.15, 0.2) is 33.1 Å². The van der Waals surface area contributed by atoms with Gasteiger partial charge >= 0.3 is 0 Å². The van der Waals surface area contributed by atoms with E-state index in [2.05, 4.69) is 25.6 Å². The van der Waals surface area contributed by atoms with Crippen molar-refractivity contribution in [3.05, 3.63) is 33.1 Å². The Kier molecular flexibility index (Phi) is 4.36. The van der Waals surface area contributed by atoms with Crippen molar-refractivity contribution >= 4 is 48.8 Å². The van der Waals surface area contributed by atoms with Crippen LogP contribution in [0.2, 0.25) is 0 Å². The highest BCUT2D eigenvalue weighted by molar-refractivity contribution is 9.11. The first-order valence-corrected chi connectivity index (χ1v) is 8.81. The van der Waals surface area contributed by atoms with Crippen LogP contribution < -0.4 is 9.62 Å². The minimum atomic E-state index is -3.58. The third-order valence-corrected chi connectivity index (χ3v) is 5.78. The van der Waals surface area contributed by atoms with Gasteiger partial charge in [-0.25, -0.2) is 13.4 Å². The highest BCUT2D eigenvalue weighted by Crippen LogP contribution is 2.30. The molecule has 0 atom stereocenters. The van der Waals surface area contributed by atoms with E-state index in [0.717, 1.165) is 14.5 Å². The summed E-state index contributed by atoms with van der Waals surface area (Å²) in [4.78, 5) is 7.04. The van der Waals surface area contributed by atoms with E-state index in [1.807, 2.05) is 19.0 Å². The number of nitrogens with zero attached hydrogens (tertiary/aromatic N) is 2. The first-order valence-electron chi connectivity index (χ1n) is 5.72. The summed E-state index contributed by atoms with van der Waals surface area (Å²) in [6.45, 7) is 1.78. The van der Waals surface area contributed by atoms with Gasteiger partial charge < -0.3 is 4.90 Å². The fourth-order valence-corrected chi connectivity index (χ4v) is 5.08. The minimum Gasteiger partial charge on any atom is -0.363 e. The zero-order chi connectivity index (χ0) is 14.9. The molecule has 2 heterocycles. The summed E-state index contributed by atoms with van der Waals surface area (Å²) < 4.78 is 27.9. The molecule has 2 aromatic heterocycles. The zero-order valence-electron chi connectivity index (χ0n) is 11.2. The third-order valence-electron chi connectivity index (χ3n) is 2.59. The fraction of sp³-hybridized carbons (Fsp3) is 0.250. The SMILES string of the molecule is Cc1sc(Br)cc1S(=O)(=O)Nc1ccc(N(C)C)nc1. The summed E-state index contributed by atoms with van der Waals surface area (Å²) in [6.07, 6.45) is 1.50. The first kappa shape index (κ1) is 15.3. The van der Waals surface area contributed by atoms with E-state index < -0.39 is 10.0 Å². The lowest BCUT2D eigenvalue weighted by Gasteiger charge is -2.12. The van der Waals surface area contributed by atoms with Gasteiger partial charge in [-0.1, -0.05) is 0 Å². The Hall–Kier alpha value is -1.12. The normalized spacial score (nSPS) is 11.4. The molecule has 0 fully saturated rings. The van der Waals surface area contributed by atoms with Crippen LogP contribution in [0.25, 0.3) is 0 Å². The molecule has 0 aromatic carbocycles. The molecule has 0 saturated carbocycles. The standard InChI is InChI=1S/C12H14BrN3O2S2/c1-8-10(6-11(13)19-8)20(17,18)15-9-4-5-12(14-7-9)16(2)3/h4-7,15H,1-3H3. The van der Waals surface area contributed by atoms with Gasteiger partial charge in [0, 0.05) is 19.0 Å². The molecule has 0 aliphatic carbocycles. The maximum absolute atomic E-state index is 12.3.